The highest BCUT2D eigenvalue weighted by atomic mass is 16.5. The summed E-state index contributed by atoms with van der Waals surface area (Å²) in [5, 5.41) is 8.90. The summed E-state index contributed by atoms with van der Waals surface area (Å²) < 4.78 is 5.33. The van der Waals surface area contributed by atoms with Gasteiger partial charge in [0.1, 0.15) is 5.75 Å². The Morgan fingerprint density at radius 3 is 2.62 bits per heavy atom. The molecule has 4 nitrogen and oxygen atoms in total. The van der Waals surface area contributed by atoms with Crippen molar-refractivity contribution in [3.05, 3.63) is 29.8 Å². The van der Waals surface area contributed by atoms with Crippen molar-refractivity contribution in [3.63, 3.8) is 0 Å². The third kappa shape index (κ3) is 4.73. The van der Waals surface area contributed by atoms with Crippen molar-refractivity contribution in [1.29, 1.82) is 5.26 Å². The summed E-state index contributed by atoms with van der Waals surface area (Å²) in [7, 11) is 1.67. The fraction of sp³-hybridized carbons (Fsp3) is 0.588. The van der Waals surface area contributed by atoms with Crippen LogP contribution in [-0.4, -0.2) is 30.6 Å². The molecule has 0 aliphatic carbocycles. The van der Waals surface area contributed by atoms with Crippen molar-refractivity contribution in [2.75, 3.05) is 13.7 Å². The van der Waals surface area contributed by atoms with Crippen LogP contribution in [0.15, 0.2) is 24.3 Å². The standard InChI is InChI=1S/C17H27N3O/c1-5-16(19)17(20(13(2)3)11-7-10-18)14-8-6-9-15(12-14)21-4/h6,8-9,12-13,16-17H,5,7,11,19H2,1-4H3. The molecule has 0 heterocycles. The molecule has 0 saturated carbocycles. The molecule has 1 aromatic rings. The van der Waals surface area contributed by atoms with Crippen LogP contribution in [0.2, 0.25) is 0 Å². The van der Waals surface area contributed by atoms with Gasteiger partial charge in [0.05, 0.1) is 19.2 Å². The summed E-state index contributed by atoms with van der Waals surface area (Å²) in [5.74, 6) is 0.838. The van der Waals surface area contributed by atoms with Gasteiger partial charge in [0.25, 0.3) is 0 Å². The molecule has 0 aliphatic heterocycles. The number of nitriles is 1. The molecule has 1 rings (SSSR count). The third-order valence-electron chi connectivity index (χ3n) is 3.81. The largest absolute Gasteiger partial charge is 0.497 e. The minimum atomic E-state index is 0.0261. The zero-order valence-corrected chi connectivity index (χ0v) is 13.5. The Labute approximate surface area is 128 Å². The van der Waals surface area contributed by atoms with Gasteiger partial charge in [-0.1, -0.05) is 19.1 Å². The van der Waals surface area contributed by atoms with Gasteiger partial charge in [-0.3, -0.25) is 4.90 Å². The first-order valence-electron chi connectivity index (χ1n) is 7.57. The van der Waals surface area contributed by atoms with E-state index in [1.54, 1.807) is 7.11 Å². The lowest BCUT2D eigenvalue weighted by atomic mass is 9.94. The zero-order valence-electron chi connectivity index (χ0n) is 13.5. The highest BCUT2D eigenvalue weighted by Crippen LogP contribution is 2.29. The predicted octanol–water partition coefficient (Wildman–Crippen LogP) is 3.10. The van der Waals surface area contributed by atoms with Gasteiger partial charge in [-0.05, 0) is 38.0 Å². The number of benzene rings is 1. The first-order valence-corrected chi connectivity index (χ1v) is 7.57. The van der Waals surface area contributed by atoms with Gasteiger partial charge < -0.3 is 10.5 Å². The molecule has 21 heavy (non-hydrogen) atoms. The molecule has 116 valence electrons. The van der Waals surface area contributed by atoms with Crippen LogP contribution in [0.5, 0.6) is 5.75 Å². The SMILES string of the molecule is CCC(N)C(c1cccc(OC)c1)N(CCC#N)C(C)C. The van der Waals surface area contributed by atoms with Crippen LogP contribution in [0.1, 0.15) is 45.2 Å². The molecule has 2 atom stereocenters. The lowest BCUT2D eigenvalue weighted by Crippen LogP contribution is -2.44. The van der Waals surface area contributed by atoms with Crippen LogP contribution in [-0.2, 0) is 0 Å². The van der Waals surface area contributed by atoms with Crippen LogP contribution in [0.4, 0.5) is 0 Å². The second-order valence-electron chi connectivity index (χ2n) is 5.53. The van der Waals surface area contributed by atoms with E-state index in [4.69, 9.17) is 15.7 Å². The van der Waals surface area contributed by atoms with Crippen LogP contribution in [0.25, 0.3) is 0 Å². The molecular weight excluding hydrogens is 262 g/mol. The van der Waals surface area contributed by atoms with E-state index in [0.29, 0.717) is 12.5 Å². The van der Waals surface area contributed by atoms with E-state index < -0.39 is 0 Å². The first-order chi connectivity index (χ1) is 10.0. The van der Waals surface area contributed by atoms with Crippen molar-refractivity contribution in [1.82, 2.24) is 4.90 Å². The molecule has 0 aliphatic rings. The van der Waals surface area contributed by atoms with Gasteiger partial charge in [0.15, 0.2) is 0 Å². The summed E-state index contributed by atoms with van der Waals surface area (Å²) in [6.45, 7) is 7.12. The van der Waals surface area contributed by atoms with E-state index in [9.17, 15) is 0 Å². The first kappa shape index (κ1) is 17.5. The monoisotopic (exact) mass is 289 g/mol. The normalized spacial score (nSPS) is 14.0. The summed E-state index contributed by atoms with van der Waals surface area (Å²) in [4.78, 5) is 2.31. The third-order valence-corrected chi connectivity index (χ3v) is 3.81. The van der Waals surface area contributed by atoms with Gasteiger partial charge in [0, 0.05) is 25.0 Å². The fourth-order valence-corrected chi connectivity index (χ4v) is 2.63. The highest BCUT2D eigenvalue weighted by molar-refractivity contribution is 5.31. The maximum absolute atomic E-state index is 8.90. The zero-order chi connectivity index (χ0) is 15.8. The molecule has 1 aromatic carbocycles. The van der Waals surface area contributed by atoms with E-state index in [2.05, 4.69) is 37.8 Å². The van der Waals surface area contributed by atoms with Crippen molar-refractivity contribution < 1.29 is 4.74 Å². The van der Waals surface area contributed by atoms with Crippen LogP contribution in [0.3, 0.4) is 0 Å². The van der Waals surface area contributed by atoms with Crippen molar-refractivity contribution in [2.45, 2.75) is 51.7 Å². The Bertz CT molecular complexity index is 467. The molecule has 2 unspecified atom stereocenters. The van der Waals surface area contributed by atoms with Gasteiger partial charge >= 0.3 is 0 Å². The topological polar surface area (TPSA) is 62.3 Å². The molecule has 0 bridgehead atoms. The van der Waals surface area contributed by atoms with E-state index in [0.717, 1.165) is 24.3 Å². The van der Waals surface area contributed by atoms with Crippen molar-refractivity contribution in [3.8, 4) is 11.8 Å². The van der Waals surface area contributed by atoms with Crippen LogP contribution >= 0.6 is 0 Å². The van der Waals surface area contributed by atoms with Gasteiger partial charge in [-0.15, -0.1) is 0 Å². The second-order valence-corrected chi connectivity index (χ2v) is 5.53. The molecule has 0 amide bonds. The summed E-state index contributed by atoms with van der Waals surface area (Å²) in [6, 6.07) is 10.7. The molecule has 0 spiro atoms. The predicted molar refractivity (Wildman–Crippen MR) is 86.1 cm³/mol. The second kappa shape index (κ2) is 8.66. The minimum absolute atomic E-state index is 0.0261. The summed E-state index contributed by atoms with van der Waals surface area (Å²) in [6.07, 6.45) is 1.40. The number of ether oxygens (including phenoxy) is 1. The van der Waals surface area contributed by atoms with E-state index in [1.807, 2.05) is 18.2 Å². The summed E-state index contributed by atoms with van der Waals surface area (Å²) >= 11 is 0. The van der Waals surface area contributed by atoms with E-state index >= 15 is 0 Å². The Kier molecular flexibility index (Phi) is 7.21. The number of methoxy groups -OCH3 is 1. The molecule has 0 radical (unpaired) electrons. The van der Waals surface area contributed by atoms with E-state index in [1.165, 1.54) is 0 Å². The Hall–Kier alpha value is -1.57. The Morgan fingerprint density at radius 1 is 1.38 bits per heavy atom. The number of nitrogens with zero attached hydrogens (tertiary/aromatic N) is 2. The lowest BCUT2D eigenvalue weighted by Gasteiger charge is -2.38. The molecular formula is C17H27N3O. The number of nitrogens with two attached hydrogens (primary N) is 1. The average molecular weight is 289 g/mol. The Balaban J connectivity index is 3.15. The number of hydrogen-bond donors (Lipinski definition) is 1. The fourth-order valence-electron chi connectivity index (χ4n) is 2.63. The molecule has 4 heteroatoms. The van der Waals surface area contributed by atoms with Crippen molar-refractivity contribution in [2.24, 2.45) is 5.73 Å². The maximum atomic E-state index is 8.90. The molecule has 0 saturated heterocycles. The van der Waals surface area contributed by atoms with Crippen LogP contribution in [0, 0.1) is 11.3 Å². The van der Waals surface area contributed by atoms with Gasteiger partial charge in [-0.25, -0.2) is 0 Å². The average Bonchev–Trinajstić information content (AvgIpc) is 2.50. The maximum Gasteiger partial charge on any atom is 0.119 e. The molecule has 2 N–H and O–H groups in total. The highest BCUT2D eigenvalue weighted by Gasteiger charge is 2.27. The number of hydrogen-bond acceptors (Lipinski definition) is 4. The smallest absolute Gasteiger partial charge is 0.119 e. The quantitative estimate of drug-likeness (QED) is 0.799. The summed E-state index contributed by atoms with van der Waals surface area (Å²) in [5.41, 5.74) is 7.53. The molecule has 0 fully saturated rings. The van der Waals surface area contributed by atoms with Gasteiger partial charge in [0.2, 0.25) is 0 Å². The van der Waals surface area contributed by atoms with Gasteiger partial charge in [-0.2, -0.15) is 5.26 Å². The van der Waals surface area contributed by atoms with Crippen molar-refractivity contribution >= 4 is 0 Å². The number of rotatable bonds is 8. The van der Waals surface area contributed by atoms with Crippen LogP contribution < -0.4 is 10.5 Å². The minimum Gasteiger partial charge on any atom is -0.497 e. The lowest BCUT2D eigenvalue weighted by molar-refractivity contribution is 0.133. The Morgan fingerprint density at radius 2 is 2.10 bits per heavy atom. The van der Waals surface area contributed by atoms with E-state index in [-0.39, 0.29) is 12.1 Å². The molecule has 0 aromatic heterocycles.